The van der Waals surface area contributed by atoms with E-state index in [4.69, 9.17) is 0 Å². The van der Waals surface area contributed by atoms with Gasteiger partial charge in [-0.25, -0.2) is 0 Å². The van der Waals surface area contributed by atoms with E-state index in [2.05, 4.69) is 19.1 Å². The third-order valence-electron chi connectivity index (χ3n) is 3.11. The molecule has 2 nitrogen and oxygen atoms in total. The number of Topliss-reactive ketones (excluding diaryl/α,β-unsaturated/α-hetero) is 1. The summed E-state index contributed by atoms with van der Waals surface area (Å²) in [5.41, 5.74) is 3.60. The molecule has 17 heavy (non-hydrogen) atoms. The van der Waals surface area contributed by atoms with Crippen LogP contribution >= 0.6 is 0 Å². The van der Waals surface area contributed by atoms with Gasteiger partial charge >= 0.3 is 0 Å². The lowest BCUT2D eigenvalue weighted by Crippen LogP contribution is -2.07. The molecule has 0 fully saturated rings. The standard InChI is InChI=1S/C15H20O2/c1-11-5-4-6-12(2)9-15(17)14(8-7-11)13(3)10-16/h6-7,10H,4-5,8-9H2,1-3H3/b11-7-,12-6-,14-13+. The van der Waals surface area contributed by atoms with Gasteiger partial charge in [0, 0.05) is 12.0 Å². The van der Waals surface area contributed by atoms with E-state index in [9.17, 15) is 9.59 Å². The Morgan fingerprint density at radius 3 is 2.59 bits per heavy atom. The molecule has 0 saturated carbocycles. The van der Waals surface area contributed by atoms with E-state index in [1.807, 2.05) is 6.92 Å². The number of hydrogen-bond acceptors (Lipinski definition) is 2. The van der Waals surface area contributed by atoms with Crippen LogP contribution in [0.2, 0.25) is 0 Å². The highest BCUT2D eigenvalue weighted by Gasteiger charge is 2.13. The maximum Gasteiger partial charge on any atom is 0.163 e. The van der Waals surface area contributed by atoms with Gasteiger partial charge in [-0.2, -0.15) is 0 Å². The fourth-order valence-corrected chi connectivity index (χ4v) is 1.92. The van der Waals surface area contributed by atoms with E-state index < -0.39 is 0 Å². The van der Waals surface area contributed by atoms with Gasteiger partial charge in [0.15, 0.2) is 5.78 Å². The lowest BCUT2D eigenvalue weighted by Gasteiger charge is -2.10. The molecule has 1 aliphatic rings. The summed E-state index contributed by atoms with van der Waals surface area (Å²) in [6, 6.07) is 0. The first-order chi connectivity index (χ1) is 8.04. The minimum atomic E-state index is 0.0781. The largest absolute Gasteiger partial charge is 0.298 e. The van der Waals surface area contributed by atoms with Crippen molar-refractivity contribution in [1.82, 2.24) is 0 Å². The molecule has 0 aromatic carbocycles. The maximum atomic E-state index is 12.1. The van der Waals surface area contributed by atoms with Crippen molar-refractivity contribution in [2.45, 2.75) is 46.5 Å². The summed E-state index contributed by atoms with van der Waals surface area (Å²) in [6.07, 6.45) is 8.01. The van der Waals surface area contributed by atoms with Crippen LogP contribution in [0.15, 0.2) is 34.4 Å². The van der Waals surface area contributed by atoms with E-state index in [1.165, 1.54) is 5.57 Å². The lowest BCUT2D eigenvalue weighted by molar-refractivity contribution is -0.115. The Labute approximate surface area is 103 Å². The Bertz CT molecular complexity index is 409. The van der Waals surface area contributed by atoms with Crippen molar-refractivity contribution < 1.29 is 9.59 Å². The second-order valence-corrected chi connectivity index (χ2v) is 4.72. The molecule has 0 bridgehead atoms. The number of aldehydes is 1. The van der Waals surface area contributed by atoms with Crippen molar-refractivity contribution in [3.05, 3.63) is 34.4 Å². The van der Waals surface area contributed by atoms with Crippen molar-refractivity contribution in [3.63, 3.8) is 0 Å². The van der Waals surface area contributed by atoms with Gasteiger partial charge in [0.1, 0.15) is 6.29 Å². The Morgan fingerprint density at radius 2 is 1.94 bits per heavy atom. The monoisotopic (exact) mass is 232 g/mol. The minimum absolute atomic E-state index is 0.0781. The Kier molecular flexibility index (Phi) is 5.08. The van der Waals surface area contributed by atoms with E-state index in [1.54, 1.807) is 6.92 Å². The van der Waals surface area contributed by atoms with Crippen LogP contribution < -0.4 is 0 Å². The molecule has 0 atom stereocenters. The van der Waals surface area contributed by atoms with Gasteiger partial charge in [0.05, 0.1) is 0 Å². The molecule has 0 radical (unpaired) electrons. The van der Waals surface area contributed by atoms with Gasteiger partial charge in [-0.1, -0.05) is 23.3 Å². The minimum Gasteiger partial charge on any atom is -0.298 e. The molecule has 0 N–H and O–H groups in total. The summed E-state index contributed by atoms with van der Waals surface area (Å²) in [4.78, 5) is 22.9. The van der Waals surface area contributed by atoms with Crippen molar-refractivity contribution in [1.29, 1.82) is 0 Å². The molecule has 0 aromatic heterocycles. The van der Waals surface area contributed by atoms with Gasteiger partial charge in [0.2, 0.25) is 0 Å². The van der Waals surface area contributed by atoms with E-state index >= 15 is 0 Å². The fourth-order valence-electron chi connectivity index (χ4n) is 1.92. The second-order valence-electron chi connectivity index (χ2n) is 4.72. The highest BCUT2D eigenvalue weighted by atomic mass is 16.1. The van der Waals surface area contributed by atoms with Gasteiger partial charge < -0.3 is 0 Å². The van der Waals surface area contributed by atoms with Crippen molar-refractivity contribution >= 4 is 12.1 Å². The highest BCUT2D eigenvalue weighted by molar-refractivity contribution is 6.01. The topological polar surface area (TPSA) is 34.1 Å². The Balaban J connectivity index is 3.07. The second kappa shape index (κ2) is 6.33. The first-order valence-electron chi connectivity index (χ1n) is 6.04. The zero-order chi connectivity index (χ0) is 12.8. The molecular weight excluding hydrogens is 212 g/mol. The molecule has 0 aromatic rings. The van der Waals surface area contributed by atoms with Crippen molar-refractivity contribution in [2.75, 3.05) is 0 Å². The number of hydrogen-bond donors (Lipinski definition) is 0. The van der Waals surface area contributed by atoms with Crippen LogP contribution in [0.25, 0.3) is 0 Å². The van der Waals surface area contributed by atoms with Crippen LogP contribution in [0.5, 0.6) is 0 Å². The van der Waals surface area contributed by atoms with Crippen LogP contribution in [-0.2, 0) is 9.59 Å². The summed E-state index contributed by atoms with van der Waals surface area (Å²) < 4.78 is 0. The van der Waals surface area contributed by atoms with Crippen LogP contribution in [0.3, 0.4) is 0 Å². The molecule has 1 rings (SSSR count). The third kappa shape index (κ3) is 4.14. The predicted octanol–water partition coefficient (Wildman–Crippen LogP) is 3.54. The number of rotatable bonds is 1. The normalized spacial score (nSPS) is 27.6. The van der Waals surface area contributed by atoms with E-state index in [0.29, 0.717) is 24.0 Å². The lowest BCUT2D eigenvalue weighted by atomic mass is 9.94. The summed E-state index contributed by atoms with van der Waals surface area (Å²) >= 11 is 0. The maximum absolute atomic E-state index is 12.1. The molecule has 0 saturated heterocycles. The Morgan fingerprint density at radius 1 is 1.24 bits per heavy atom. The fraction of sp³-hybridized carbons (Fsp3) is 0.467. The summed E-state index contributed by atoms with van der Waals surface area (Å²) in [5.74, 6) is 0.0781. The number of carbonyl (C=O) groups excluding carboxylic acids is 2. The zero-order valence-corrected chi connectivity index (χ0v) is 10.9. The third-order valence-corrected chi connectivity index (χ3v) is 3.11. The summed E-state index contributed by atoms with van der Waals surface area (Å²) in [7, 11) is 0. The van der Waals surface area contributed by atoms with Gasteiger partial charge in [-0.3, -0.25) is 9.59 Å². The highest BCUT2D eigenvalue weighted by Crippen LogP contribution is 2.19. The molecule has 2 heteroatoms. The first kappa shape index (κ1) is 13.6. The number of carbonyl (C=O) groups is 2. The van der Waals surface area contributed by atoms with Crippen molar-refractivity contribution in [2.24, 2.45) is 0 Å². The number of ketones is 1. The summed E-state index contributed by atoms with van der Waals surface area (Å²) in [5, 5.41) is 0. The molecule has 0 aliphatic heterocycles. The van der Waals surface area contributed by atoms with Crippen LogP contribution in [0.1, 0.15) is 46.5 Å². The number of allylic oxidation sites excluding steroid dienone is 6. The quantitative estimate of drug-likeness (QED) is 0.393. The molecule has 0 unspecified atom stereocenters. The van der Waals surface area contributed by atoms with E-state index in [0.717, 1.165) is 24.7 Å². The average molecular weight is 232 g/mol. The smallest absolute Gasteiger partial charge is 0.163 e. The SMILES string of the molecule is C/C1=C/C/C(=C(/C)C=O)C(=O)C/C(C)=C\CC1. The first-order valence-corrected chi connectivity index (χ1v) is 6.04. The zero-order valence-electron chi connectivity index (χ0n) is 10.9. The molecule has 0 spiro atoms. The molecule has 1 aliphatic carbocycles. The van der Waals surface area contributed by atoms with Crippen molar-refractivity contribution in [3.8, 4) is 0 Å². The summed E-state index contributed by atoms with van der Waals surface area (Å²) in [6.45, 7) is 5.77. The van der Waals surface area contributed by atoms with Crippen LogP contribution in [0, 0.1) is 0 Å². The van der Waals surface area contributed by atoms with Gasteiger partial charge in [0.25, 0.3) is 0 Å². The molecule has 0 heterocycles. The molecular formula is C15H20O2. The van der Waals surface area contributed by atoms with Crippen LogP contribution in [0.4, 0.5) is 0 Å². The van der Waals surface area contributed by atoms with E-state index in [-0.39, 0.29) is 5.78 Å². The predicted molar refractivity (Wildman–Crippen MR) is 69.8 cm³/mol. The Hall–Kier alpha value is -1.44. The molecule has 92 valence electrons. The molecule has 0 amide bonds. The van der Waals surface area contributed by atoms with Crippen LogP contribution in [-0.4, -0.2) is 12.1 Å². The van der Waals surface area contributed by atoms with Gasteiger partial charge in [-0.05, 0) is 45.6 Å². The average Bonchev–Trinajstić information content (AvgIpc) is 2.28. The van der Waals surface area contributed by atoms with Gasteiger partial charge in [-0.15, -0.1) is 0 Å².